The van der Waals surface area contributed by atoms with Crippen molar-refractivity contribution in [3.63, 3.8) is 0 Å². The quantitative estimate of drug-likeness (QED) is 0.664. The van der Waals surface area contributed by atoms with E-state index in [1.165, 1.54) is 7.11 Å². The van der Waals surface area contributed by atoms with Crippen LogP contribution < -0.4 is 11.1 Å². The predicted octanol–water partition coefficient (Wildman–Crippen LogP) is 2.54. The highest BCUT2D eigenvalue weighted by Gasteiger charge is 2.08. The summed E-state index contributed by atoms with van der Waals surface area (Å²) in [4.78, 5) is 11.5. The lowest BCUT2D eigenvalue weighted by molar-refractivity contribution is 0.0601. The lowest BCUT2D eigenvalue weighted by atomic mass is 10.1. The average Bonchev–Trinajstić information content (AvgIpc) is 2.53. The van der Waals surface area contributed by atoms with Gasteiger partial charge in [-0.05, 0) is 35.9 Å². The zero-order valence-corrected chi connectivity index (χ0v) is 11.6. The maximum absolute atomic E-state index is 11.5. The first-order valence-corrected chi connectivity index (χ1v) is 6.35. The van der Waals surface area contributed by atoms with E-state index in [2.05, 4.69) is 16.1 Å². The molecule has 106 valence electrons. The molecule has 0 aliphatic carbocycles. The van der Waals surface area contributed by atoms with E-state index in [-0.39, 0.29) is 0 Å². The van der Waals surface area contributed by atoms with E-state index in [0.29, 0.717) is 29.0 Å². The summed E-state index contributed by atoms with van der Waals surface area (Å²) in [5.41, 5.74) is 9.17. The third-order valence-corrected chi connectivity index (χ3v) is 3.04. The third kappa shape index (κ3) is 3.51. The number of rotatable bonds is 4. The second kappa shape index (κ2) is 6.44. The molecular weight excluding hydrogens is 266 g/mol. The second-order valence-corrected chi connectivity index (χ2v) is 4.46. The molecule has 5 heteroatoms. The molecule has 0 aliphatic rings. The number of nitrogen functional groups attached to an aromatic ring is 1. The smallest absolute Gasteiger partial charge is 0.337 e. The monoisotopic (exact) mass is 281 g/mol. The minimum atomic E-state index is -0.406. The Kier molecular flexibility index (Phi) is 4.42. The van der Waals surface area contributed by atoms with Crippen molar-refractivity contribution in [2.24, 2.45) is 0 Å². The van der Waals surface area contributed by atoms with Crippen molar-refractivity contribution in [1.82, 2.24) is 0 Å². The Morgan fingerprint density at radius 2 is 2.00 bits per heavy atom. The summed E-state index contributed by atoms with van der Waals surface area (Å²) in [7, 11) is 1.34. The number of anilines is 2. The first kappa shape index (κ1) is 14.4. The molecule has 0 heterocycles. The highest BCUT2D eigenvalue weighted by molar-refractivity contribution is 5.91. The maximum atomic E-state index is 11.5. The Balaban J connectivity index is 2.11. The summed E-state index contributed by atoms with van der Waals surface area (Å²) in [6, 6.07) is 14.3. The zero-order chi connectivity index (χ0) is 15.2. The van der Waals surface area contributed by atoms with Crippen LogP contribution in [-0.2, 0) is 11.3 Å². The summed E-state index contributed by atoms with van der Waals surface area (Å²) in [6.45, 7) is 0.542. The van der Waals surface area contributed by atoms with Gasteiger partial charge in [-0.3, -0.25) is 0 Å². The molecule has 21 heavy (non-hydrogen) atoms. The standard InChI is InChI=1S/C16H15N3O2/c1-21-16(20)13-6-7-14(18)15(8-13)19-10-12-4-2-11(9-17)3-5-12/h2-8,19H,10,18H2,1H3. The van der Waals surface area contributed by atoms with Gasteiger partial charge in [-0.25, -0.2) is 4.79 Å². The minimum absolute atomic E-state index is 0.406. The van der Waals surface area contributed by atoms with Gasteiger partial charge in [0.15, 0.2) is 0 Å². The number of nitriles is 1. The highest BCUT2D eigenvalue weighted by atomic mass is 16.5. The molecule has 2 aromatic rings. The summed E-state index contributed by atoms with van der Waals surface area (Å²) in [6.07, 6.45) is 0. The van der Waals surface area contributed by atoms with Crippen molar-refractivity contribution in [1.29, 1.82) is 5.26 Å². The number of benzene rings is 2. The molecule has 0 unspecified atom stereocenters. The van der Waals surface area contributed by atoms with Gasteiger partial charge in [-0.1, -0.05) is 12.1 Å². The van der Waals surface area contributed by atoms with Gasteiger partial charge in [-0.15, -0.1) is 0 Å². The topological polar surface area (TPSA) is 88.1 Å². The van der Waals surface area contributed by atoms with Gasteiger partial charge in [0.1, 0.15) is 0 Å². The van der Waals surface area contributed by atoms with Crippen LogP contribution in [0.2, 0.25) is 0 Å². The summed E-state index contributed by atoms with van der Waals surface area (Å²) in [5.74, 6) is -0.406. The van der Waals surface area contributed by atoms with E-state index in [1.54, 1.807) is 30.3 Å². The molecule has 0 saturated heterocycles. The second-order valence-electron chi connectivity index (χ2n) is 4.46. The van der Waals surface area contributed by atoms with E-state index in [1.807, 2.05) is 12.1 Å². The Morgan fingerprint density at radius 1 is 1.29 bits per heavy atom. The van der Waals surface area contributed by atoms with Crippen molar-refractivity contribution in [3.05, 3.63) is 59.2 Å². The van der Waals surface area contributed by atoms with Crippen LogP contribution in [0.5, 0.6) is 0 Å². The van der Waals surface area contributed by atoms with Gasteiger partial charge in [0.05, 0.1) is 35.7 Å². The van der Waals surface area contributed by atoms with Crippen LogP contribution >= 0.6 is 0 Å². The van der Waals surface area contributed by atoms with Crippen molar-refractivity contribution in [2.75, 3.05) is 18.2 Å². The number of nitrogens with zero attached hydrogens (tertiary/aromatic N) is 1. The number of methoxy groups -OCH3 is 1. The summed E-state index contributed by atoms with van der Waals surface area (Å²) >= 11 is 0. The van der Waals surface area contributed by atoms with E-state index >= 15 is 0 Å². The molecule has 0 radical (unpaired) electrons. The fourth-order valence-electron chi connectivity index (χ4n) is 1.85. The number of hydrogen-bond donors (Lipinski definition) is 2. The molecule has 3 N–H and O–H groups in total. The van der Waals surface area contributed by atoms with Crippen molar-refractivity contribution < 1.29 is 9.53 Å². The molecule has 0 aromatic heterocycles. The average molecular weight is 281 g/mol. The normalized spacial score (nSPS) is 9.71. The van der Waals surface area contributed by atoms with Crippen LogP contribution in [0, 0.1) is 11.3 Å². The molecule has 0 saturated carbocycles. The van der Waals surface area contributed by atoms with Gasteiger partial charge < -0.3 is 15.8 Å². The van der Waals surface area contributed by atoms with Crippen LogP contribution in [0.25, 0.3) is 0 Å². The van der Waals surface area contributed by atoms with E-state index < -0.39 is 5.97 Å². The Morgan fingerprint density at radius 3 is 2.62 bits per heavy atom. The third-order valence-electron chi connectivity index (χ3n) is 3.04. The van der Waals surface area contributed by atoms with Crippen molar-refractivity contribution in [2.45, 2.75) is 6.54 Å². The molecule has 2 rings (SSSR count). The molecule has 0 amide bonds. The molecular formula is C16H15N3O2. The molecule has 2 aromatic carbocycles. The van der Waals surface area contributed by atoms with Crippen LogP contribution in [-0.4, -0.2) is 13.1 Å². The predicted molar refractivity (Wildman–Crippen MR) is 80.7 cm³/mol. The molecule has 0 spiro atoms. The lowest BCUT2D eigenvalue weighted by Crippen LogP contribution is -2.06. The largest absolute Gasteiger partial charge is 0.465 e. The number of esters is 1. The van der Waals surface area contributed by atoms with Gasteiger partial charge >= 0.3 is 5.97 Å². The number of nitrogens with two attached hydrogens (primary N) is 1. The fourth-order valence-corrected chi connectivity index (χ4v) is 1.85. The van der Waals surface area contributed by atoms with E-state index in [4.69, 9.17) is 11.0 Å². The van der Waals surface area contributed by atoms with Crippen molar-refractivity contribution in [3.8, 4) is 6.07 Å². The number of carbonyl (C=O) groups is 1. The molecule has 5 nitrogen and oxygen atoms in total. The summed E-state index contributed by atoms with van der Waals surface area (Å²) in [5, 5.41) is 11.9. The Labute approximate surface area is 123 Å². The van der Waals surface area contributed by atoms with Gasteiger partial charge in [0.25, 0.3) is 0 Å². The van der Waals surface area contributed by atoms with Gasteiger partial charge in [0.2, 0.25) is 0 Å². The first-order valence-electron chi connectivity index (χ1n) is 6.35. The van der Waals surface area contributed by atoms with Crippen LogP contribution in [0.3, 0.4) is 0 Å². The van der Waals surface area contributed by atoms with Crippen molar-refractivity contribution >= 4 is 17.3 Å². The minimum Gasteiger partial charge on any atom is -0.465 e. The molecule has 0 aliphatic heterocycles. The Bertz CT molecular complexity index is 688. The maximum Gasteiger partial charge on any atom is 0.337 e. The van der Waals surface area contributed by atoms with Crippen LogP contribution in [0.4, 0.5) is 11.4 Å². The highest BCUT2D eigenvalue weighted by Crippen LogP contribution is 2.21. The van der Waals surface area contributed by atoms with Gasteiger partial charge in [0, 0.05) is 6.54 Å². The SMILES string of the molecule is COC(=O)c1ccc(N)c(NCc2ccc(C#N)cc2)c1. The molecule has 0 bridgehead atoms. The molecule has 0 fully saturated rings. The number of hydrogen-bond acceptors (Lipinski definition) is 5. The molecule has 0 atom stereocenters. The zero-order valence-electron chi connectivity index (χ0n) is 11.6. The van der Waals surface area contributed by atoms with E-state index in [0.717, 1.165) is 5.56 Å². The Hall–Kier alpha value is -3.00. The van der Waals surface area contributed by atoms with Crippen LogP contribution in [0.1, 0.15) is 21.5 Å². The first-order chi connectivity index (χ1) is 10.1. The number of nitrogens with one attached hydrogen (secondary N) is 1. The van der Waals surface area contributed by atoms with E-state index in [9.17, 15) is 4.79 Å². The number of ether oxygens (including phenoxy) is 1. The lowest BCUT2D eigenvalue weighted by Gasteiger charge is -2.11. The fraction of sp³-hybridized carbons (Fsp3) is 0.125. The van der Waals surface area contributed by atoms with Gasteiger partial charge in [-0.2, -0.15) is 5.26 Å². The van der Waals surface area contributed by atoms with Crippen LogP contribution in [0.15, 0.2) is 42.5 Å². The number of carbonyl (C=O) groups excluding carboxylic acids is 1. The summed E-state index contributed by atoms with van der Waals surface area (Å²) < 4.78 is 4.68.